The van der Waals surface area contributed by atoms with Gasteiger partial charge in [-0.05, 0) is 50.4 Å². The first-order valence-corrected chi connectivity index (χ1v) is 7.40. The number of rotatable bonds is 3. The Morgan fingerprint density at radius 1 is 1.37 bits per heavy atom. The van der Waals surface area contributed by atoms with Crippen LogP contribution in [0.2, 0.25) is 0 Å². The highest BCUT2D eigenvalue weighted by molar-refractivity contribution is 5.66. The minimum atomic E-state index is -0.757. The van der Waals surface area contributed by atoms with Gasteiger partial charge in [-0.2, -0.15) is 0 Å². The summed E-state index contributed by atoms with van der Waals surface area (Å²) < 4.78 is 6.28. The summed E-state index contributed by atoms with van der Waals surface area (Å²) in [7, 11) is 0. The van der Waals surface area contributed by atoms with Crippen molar-refractivity contribution in [3.8, 4) is 0 Å². The Hall–Kier alpha value is -0.610. The number of carboxylic acid groups (broad SMARTS) is 1. The zero-order chi connectivity index (χ0) is 14.2. The van der Waals surface area contributed by atoms with Gasteiger partial charge < -0.3 is 14.9 Å². The molecule has 1 aliphatic carbocycles. The van der Waals surface area contributed by atoms with E-state index in [9.17, 15) is 9.90 Å². The molecule has 6 unspecified atom stereocenters. The molecule has 4 heteroatoms. The van der Waals surface area contributed by atoms with Crippen molar-refractivity contribution in [1.82, 2.24) is 0 Å². The summed E-state index contributed by atoms with van der Waals surface area (Å²) in [4.78, 5) is 10.7. The van der Waals surface area contributed by atoms with Gasteiger partial charge in [-0.25, -0.2) is 0 Å². The van der Waals surface area contributed by atoms with Gasteiger partial charge in [-0.1, -0.05) is 13.8 Å². The van der Waals surface area contributed by atoms with Crippen LogP contribution in [-0.4, -0.2) is 34.0 Å². The lowest BCUT2D eigenvalue weighted by Gasteiger charge is -2.51. The number of hydrogen-bond acceptors (Lipinski definition) is 3. The highest BCUT2D eigenvalue weighted by atomic mass is 16.5. The van der Waals surface area contributed by atoms with E-state index in [1.807, 2.05) is 6.92 Å². The Morgan fingerprint density at radius 3 is 2.68 bits per heavy atom. The number of aliphatic hydroxyl groups is 1. The molecule has 0 aromatic rings. The highest BCUT2D eigenvalue weighted by Crippen LogP contribution is 2.45. The lowest BCUT2D eigenvalue weighted by Crippen LogP contribution is -2.52. The normalized spacial score (nSPS) is 46.6. The van der Waals surface area contributed by atoms with Crippen LogP contribution in [0.4, 0.5) is 0 Å². The summed E-state index contributed by atoms with van der Waals surface area (Å²) in [5.74, 6) is 0.257. The molecule has 2 rings (SSSR count). The zero-order valence-electron chi connectivity index (χ0n) is 12.1. The van der Waals surface area contributed by atoms with Gasteiger partial charge >= 0.3 is 5.97 Å². The summed E-state index contributed by atoms with van der Waals surface area (Å²) in [5, 5.41) is 18.9. The summed E-state index contributed by atoms with van der Waals surface area (Å²) in [5.41, 5.74) is -0.310. The Kier molecular flexibility index (Phi) is 4.21. The molecule has 1 saturated heterocycles. The molecular formula is C15H26O4. The predicted molar refractivity (Wildman–Crippen MR) is 71.8 cm³/mol. The highest BCUT2D eigenvalue weighted by Gasteiger charge is 2.46. The molecule has 0 spiro atoms. The van der Waals surface area contributed by atoms with E-state index < -0.39 is 5.97 Å². The van der Waals surface area contributed by atoms with Crippen LogP contribution in [0.3, 0.4) is 0 Å². The van der Waals surface area contributed by atoms with Crippen LogP contribution in [0.25, 0.3) is 0 Å². The van der Waals surface area contributed by atoms with Gasteiger partial charge in [0.25, 0.3) is 0 Å². The first kappa shape index (κ1) is 14.8. The number of carbonyl (C=O) groups is 1. The van der Waals surface area contributed by atoms with Crippen LogP contribution in [0.15, 0.2) is 0 Å². The zero-order valence-corrected chi connectivity index (χ0v) is 12.1. The fourth-order valence-corrected chi connectivity index (χ4v) is 3.66. The number of aliphatic hydroxyl groups excluding tert-OH is 1. The standard InChI is InChI=1S/C15H26O4/c1-9-10(2)14-11(8-12(9)16)4-6-15(3,19-14)7-5-13(17)18/h9-12,14,16H,4-8H2,1-3H3,(H,17,18). The van der Waals surface area contributed by atoms with E-state index in [2.05, 4.69) is 13.8 Å². The first-order valence-electron chi connectivity index (χ1n) is 7.40. The van der Waals surface area contributed by atoms with Gasteiger partial charge in [0.1, 0.15) is 0 Å². The van der Waals surface area contributed by atoms with E-state index in [0.717, 1.165) is 19.3 Å². The molecule has 2 fully saturated rings. The molecule has 1 heterocycles. The Bertz CT molecular complexity index is 341. The minimum absolute atomic E-state index is 0.167. The van der Waals surface area contributed by atoms with E-state index in [1.165, 1.54) is 0 Å². The van der Waals surface area contributed by atoms with E-state index >= 15 is 0 Å². The van der Waals surface area contributed by atoms with Crippen molar-refractivity contribution in [1.29, 1.82) is 0 Å². The number of ether oxygens (including phenoxy) is 1. The van der Waals surface area contributed by atoms with Crippen LogP contribution in [0.5, 0.6) is 0 Å². The molecule has 4 nitrogen and oxygen atoms in total. The molecule has 0 bridgehead atoms. The maximum atomic E-state index is 10.7. The average Bonchev–Trinajstić information content (AvgIpc) is 2.35. The van der Waals surface area contributed by atoms with Crippen molar-refractivity contribution in [2.45, 2.75) is 70.7 Å². The molecule has 6 atom stereocenters. The molecule has 1 saturated carbocycles. The molecule has 2 aliphatic rings. The summed E-state index contributed by atoms with van der Waals surface area (Å²) in [6.45, 7) is 6.26. The number of aliphatic carboxylic acids is 1. The molecule has 0 aromatic heterocycles. The number of fused-ring (bicyclic) bond motifs is 1. The lowest BCUT2D eigenvalue weighted by molar-refractivity contribution is -0.201. The third-order valence-corrected chi connectivity index (χ3v) is 5.30. The van der Waals surface area contributed by atoms with E-state index in [4.69, 9.17) is 9.84 Å². The second-order valence-corrected chi connectivity index (χ2v) is 6.75. The molecule has 2 N–H and O–H groups in total. The number of hydrogen-bond donors (Lipinski definition) is 2. The van der Waals surface area contributed by atoms with Crippen molar-refractivity contribution >= 4 is 5.97 Å². The largest absolute Gasteiger partial charge is 0.481 e. The first-order chi connectivity index (χ1) is 8.82. The fourth-order valence-electron chi connectivity index (χ4n) is 3.66. The summed E-state index contributed by atoms with van der Waals surface area (Å²) in [6, 6.07) is 0. The molecule has 0 aromatic carbocycles. The predicted octanol–water partition coefficient (Wildman–Crippen LogP) is 2.44. The van der Waals surface area contributed by atoms with Crippen LogP contribution in [0.1, 0.15) is 52.9 Å². The monoisotopic (exact) mass is 270 g/mol. The average molecular weight is 270 g/mol. The molecule has 1 aliphatic heterocycles. The minimum Gasteiger partial charge on any atom is -0.481 e. The van der Waals surface area contributed by atoms with Crippen molar-refractivity contribution in [3.63, 3.8) is 0 Å². The van der Waals surface area contributed by atoms with Gasteiger partial charge in [0.15, 0.2) is 0 Å². The Balaban J connectivity index is 2.03. The van der Waals surface area contributed by atoms with Gasteiger partial charge in [-0.15, -0.1) is 0 Å². The van der Waals surface area contributed by atoms with E-state index in [1.54, 1.807) is 0 Å². The molecule has 0 amide bonds. The number of carboxylic acids is 1. The van der Waals surface area contributed by atoms with E-state index in [-0.39, 0.29) is 30.1 Å². The maximum absolute atomic E-state index is 10.7. The van der Waals surface area contributed by atoms with Crippen LogP contribution in [-0.2, 0) is 9.53 Å². The Morgan fingerprint density at radius 2 is 2.05 bits per heavy atom. The SMILES string of the molecule is CC1C(O)CC2CCC(C)(CCC(=O)O)OC2C1C. The topological polar surface area (TPSA) is 66.8 Å². The van der Waals surface area contributed by atoms with Crippen LogP contribution in [0, 0.1) is 17.8 Å². The lowest BCUT2D eigenvalue weighted by atomic mass is 9.67. The molecule has 0 radical (unpaired) electrons. The third kappa shape index (κ3) is 3.11. The second kappa shape index (κ2) is 5.41. The molecule has 110 valence electrons. The van der Waals surface area contributed by atoms with Gasteiger partial charge in [-0.3, -0.25) is 4.79 Å². The second-order valence-electron chi connectivity index (χ2n) is 6.75. The van der Waals surface area contributed by atoms with Crippen LogP contribution < -0.4 is 0 Å². The molecular weight excluding hydrogens is 244 g/mol. The van der Waals surface area contributed by atoms with Crippen molar-refractivity contribution in [2.75, 3.05) is 0 Å². The van der Waals surface area contributed by atoms with Gasteiger partial charge in [0, 0.05) is 6.42 Å². The van der Waals surface area contributed by atoms with Gasteiger partial charge in [0.2, 0.25) is 0 Å². The van der Waals surface area contributed by atoms with Gasteiger partial charge in [0.05, 0.1) is 17.8 Å². The van der Waals surface area contributed by atoms with Crippen molar-refractivity contribution < 1.29 is 19.7 Å². The third-order valence-electron chi connectivity index (χ3n) is 5.30. The molecule has 19 heavy (non-hydrogen) atoms. The summed E-state index contributed by atoms with van der Waals surface area (Å²) in [6.07, 6.45) is 3.46. The van der Waals surface area contributed by atoms with Crippen LogP contribution >= 0.6 is 0 Å². The van der Waals surface area contributed by atoms with E-state index in [0.29, 0.717) is 18.3 Å². The Labute approximate surface area is 115 Å². The quantitative estimate of drug-likeness (QED) is 0.826. The van der Waals surface area contributed by atoms with Crippen molar-refractivity contribution in [2.24, 2.45) is 17.8 Å². The van der Waals surface area contributed by atoms with Crippen molar-refractivity contribution in [3.05, 3.63) is 0 Å². The maximum Gasteiger partial charge on any atom is 0.303 e. The summed E-state index contributed by atoms with van der Waals surface area (Å²) >= 11 is 0. The smallest absolute Gasteiger partial charge is 0.303 e. The fraction of sp³-hybridized carbons (Fsp3) is 0.933.